The Balaban J connectivity index is 1.55. The molecular weight excluding hydrogens is 362 g/mol. The van der Waals surface area contributed by atoms with Crippen LogP contribution in [0.3, 0.4) is 0 Å². The van der Waals surface area contributed by atoms with Gasteiger partial charge in [-0.15, -0.1) is 0 Å². The van der Waals surface area contributed by atoms with E-state index in [2.05, 4.69) is 46.7 Å². The first-order valence-electron chi connectivity index (χ1n) is 10.4. The third-order valence-electron chi connectivity index (χ3n) is 5.33. The van der Waals surface area contributed by atoms with Crippen molar-refractivity contribution in [1.82, 2.24) is 10.2 Å². The van der Waals surface area contributed by atoms with Crippen molar-refractivity contribution in [2.24, 2.45) is 5.92 Å². The summed E-state index contributed by atoms with van der Waals surface area (Å²) in [6, 6.07) is 15.9. The van der Waals surface area contributed by atoms with E-state index in [9.17, 15) is 9.59 Å². The van der Waals surface area contributed by atoms with Gasteiger partial charge in [-0.1, -0.05) is 42.0 Å². The van der Waals surface area contributed by atoms with Crippen molar-refractivity contribution in [2.75, 3.05) is 18.4 Å². The molecule has 0 radical (unpaired) electrons. The number of nitrogens with zero attached hydrogens (tertiary/aromatic N) is 1. The molecule has 0 bridgehead atoms. The number of piperidine rings is 1. The van der Waals surface area contributed by atoms with E-state index in [1.165, 1.54) is 11.1 Å². The Bertz CT molecular complexity index is 837. The topological polar surface area (TPSA) is 61.4 Å². The van der Waals surface area contributed by atoms with Crippen LogP contribution in [0.15, 0.2) is 48.5 Å². The Morgan fingerprint density at radius 3 is 2.34 bits per heavy atom. The molecule has 2 aromatic carbocycles. The van der Waals surface area contributed by atoms with Gasteiger partial charge in [-0.3, -0.25) is 14.5 Å². The molecule has 1 saturated heterocycles. The van der Waals surface area contributed by atoms with Crippen LogP contribution in [-0.2, 0) is 11.3 Å². The molecule has 1 fully saturated rings. The van der Waals surface area contributed by atoms with Gasteiger partial charge in [0.15, 0.2) is 0 Å². The number of nitrogens with one attached hydrogen (secondary N) is 2. The minimum atomic E-state index is -0.163. The Kier molecular flexibility index (Phi) is 7.04. The van der Waals surface area contributed by atoms with Gasteiger partial charge in [-0.2, -0.15) is 0 Å². The number of amides is 2. The molecule has 0 saturated carbocycles. The molecule has 5 nitrogen and oxygen atoms in total. The summed E-state index contributed by atoms with van der Waals surface area (Å²) in [5.41, 5.74) is 3.67. The number of carbonyl (C=O) groups is 2. The summed E-state index contributed by atoms with van der Waals surface area (Å²) in [6.07, 6.45) is 1.66. The molecule has 1 aliphatic rings. The number of likely N-dealkylation sites (tertiary alicyclic amines) is 1. The maximum absolute atomic E-state index is 12.8. The number of anilines is 1. The fraction of sp³-hybridized carbons (Fsp3) is 0.417. The number of hydrogen-bond donors (Lipinski definition) is 2. The summed E-state index contributed by atoms with van der Waals surface area (Å²) in [5.74, 6) is -0.181. The third-order valence-corrected chi connectivity index (χ3v) is 5.33. The van der Waals surface area contributed by atoms with Gasteiger partial charge in [0.2, 0.25) is 5.91 Å². The lowest BCUT2D eigenvalue weighted by Gasteiger charge is -2.31. The van der Waals surface area contributed by atoms with E-state index in [0.29, 0.717) is 11.3 Å². The largest absolute Gasteiger partial charge is 0.350 e. The Hall–Kier alpha value is -2.66. The zero-order valence-electron chi connectivity index (χ0n) is 17.6. The molecule has 2 amide bonds. The zero-order valence-corrected chi connectivity index (χ0v) is 17.6. The molecule has 29 heavy (non-hydrogen) atoms. The molecule has 2 aromatic rings. The van der Waals surface area contributed by atoms with Crippen LogP contribution in [0, 0.1) is 12.8 Å². The molecule has 0 unspecified atom stereocenters. The van der Waals surface area contributed by atoms with E-state index in [0.717, 1.165) is 32.5 Å². The van der Waals surface area contributed by atoms with E-state index in [-0.39, 0.29) is 23.8 Å². The summed E-state index contributed by atoms with van der Waals surface area (Å²) in [5, 5.41) is 5.87. The quantitative estimate of drug-likeness (QED) is 0.780. The smallest absolute Gasteiger partial charge is 0.253 e. The first-order valence-corrected chi connectivity index (χ1v) is 10.4. The van der Waals surface area contributed by atoms with E-state index in [1.807, 2.05) is 26.0 Å². The van der Waals surface area contributed by atoms with Gasteiger partial charge in [0.1, 0.15) is 0 Å². The van der Waals surface area contributed by atoms with Gasteiger partial charge >= 0.3 is 0 Å². The highest BCUT2D eigenvalue weighted by Gasteiger charge is 2.26. The van der Waals surface area contributed by atoms with Crippen LogP contribution >= 0.6 is 0 Å². The SMILES string of the molecule is Cc1ccc(CN2CCC(C(=O)Nc3ccccc3C(=O)NC(C)C)CC2)cc1. The third kappa shape index (κ3) is 5.91. The van der Waals surface area contributed by atoms with Crippen molar-refractivity contribution in [3.8, 4) is 0 Å². The van der Waals surface area contributed by atoms with E-state index in [1.54, 1.807) is 12.1 Å². The van der Waals surface area contributed by atoms with Gasteiger partial charge < -0.3 is 10.6 Å². The number of para-hydroxylation sites is 1. The van der Waals surface area contributed by atoms with E-state index < -0.39 is 0 Å². The first-order chi connectivity index (χ1) is 13.9. The number of rotatable bonds is 6. The molecule has 0 atom stereocenters. The molecule has 154 valence electrons. The monoisotopic (exact) mass is 393 g/mol. The highest BCUT2D eigenvalue weighted by Crippen LogP contribution is 2.22. The van der Waals surface area contributed by atoms with Crippen molar-refractivity contribution < 1.29 is 9.59 Å². The zero-order chi connectivity index (χ0) is 20.8. The van der Waals surface area contributed by atoms with Crippen LogP contribution in [0.1, 0.15) is 48.2 Å². The minimum absolute atomic E-state index is 0.00443. The first kappa shape index (κ1) is 21.1. The highest BCUT2D eigenvalue weighted by molar-refractivity contribution is 6.04. The number of aryl methyl sites for hydroxylation is 1. The van der Waals surface area contributed by atoms with Gasteiger partial charge in [0.25, 0.3) is 5.91 Å². The summed E-state index contributed by atoms with van der Waals surface area (Å²) < 4.78 is 0. The van der Waals surface area contributed by atoms with Crippen LogP contribution in [-0.4, -0.2) is 35.8 Å². The maximum atomic E-state index is 12.8. The molecular formula is C24H31N3O2. The van der Waals surface area contributed by atoms with E-state index in [4.69, 9.17) is 0 Å². The second-order valence-corrected chi connectivity index (χ2v) is 8.20. The molecule has 1 aliphatic heterocycles. The van der Waals surface area contributed by atoms with Crippen molar-refractivity contribution in [3.63, 3.8) is 0 Å². The summed E-state index contributed by atoms with van der Waals surface area (Å²) >= 11 is 0. The summed E-state index contributed by atoms with van der Waals surface area (Å²) in [4.78, 5) is 27.6. The normalized spacial score (nSPS) is 15.3. The molecule has 3 rings (SSSR count). The summed E-state index contributed by atoms with van der Waals surface area (Å²) in [6.45, 7) is 8.67. The molecule has 0 aromatic heterocycles. The van der Waals surface area contributed by atoms with Crippen molar-refractivity contribution in [2.45, 2.75) is 46.2 Å². The Morgan fingerprint density at radius 1 is 1.03 bits per heavy atom. The molecule has 0 spiro atoms. The summed E-state index contributed by atoms with van der Waals surface area (Å²) in [7, 11) is 0. The molecule has 5 heteroatoms. The Labute approximate surface area is 173 Å². The lowest BCUT2D eigenvalue weighted by Crippen LogP contribution is -2.38. The van der Waals surface area contributed by atoms with Crippen LogP contribution in [0.25, 0.3) is 0 Å². The lowest BCUT2D eigenvalue weighted by molar-refractivity contribution is -0.121. The van der Waals surface area contributed by atoms with Crippen LogP contribution < -0.4 is 10.6 Å². The average molecular weight is 394 g/mol. The second kappa shape index (κ2) is 9.70. The highest BCUT2D eigenvalue weighted by atomic mass is 16.2. The molecule has 2 N–H and O–H groups in total. The van der Waals surface area contributed by atoms with Crippen LogP contribution in [0.2, 0.25) is 0 Å². The van der Waals surface area contributed by atoms with Crippen molar-refractivity contribution in [1.29, 1.82) is 0 Å². The number of hydrogen-bond acceptors (Lipinski definition) is 3. The number of benzene rings is 2. The molecule has 0 aliphatic carbocycles. The fourth-order valence-corrected chi connectivity index (χ4v) is 3.67. The maximum Gasteiger partial charge on any atom is 0.253 e. The van der Waals surface area contributed by atoms with Crippen molar-refractivity contribution in [3.05, 3.63) is 65.2 Å². The van der Waals surface area contributed by atoms with E-state index >= 15 is 0 Å². The van der Waals surface area contributed by atoms with Gasteiger partial charge in [0.05, 0.1) is 11.3 Å². The van der Waals surface area contributed by atoms with Crippen LogP contribution in [0.5, 0.6) is 0 Å². The minimum Gasteiger partial charge on any atom is -0.350 e. The predicted octanol–water partition coefficient (Wildman–Crippen LogP) is 3.98. The van der Waals surface area contributed by atoms with Gasteiger partial charge in [-0.05, 0) is 64.4 Å². The van der Waals surface area contributed by atoms with Gasteiger partial charge in [0, 0.05) is 18.5 Å². The lowest BCUT2D eigenvalue weighted by atomic mass is 9.95. The number of carbonyl (C=O) groups excluding carboxylic acids is 2. The van der Waals surface area contributed by atoms with Crippen LogP contribution in [0.4, 0.5) is 5.69 Å². The molecule has 1 heterocycles. The van der Waals surface area contributed by atoms with Crippen molar-refractivity contribution >= 4 is 17.5 Å². The average Bonchev–Trinajstić information content (AvgIpc) is 2.70. The Morgan fingerprint density at radius 2 is 1.69 bits per heavy atom. The predicted molar refractivity (Wildman–Crippen MR) is 117 cm³/mol. The fourth-order valence-electron chi connectivity index (χ4n) is 3.67. The standard InChI is InChI=1S/C24H31N3O2/c1-17(2)25-24(29)21-6-4-5-7-22(21)26-23(28)20-12-14-27(15-13-20)16-19-10-8-18(3)9-11-19/h4-11,17,20H,12-16H2,1-3H3,(H,25,29)(H,26,28). The van der Waals surface area contributed by atoms with Gasteiger partial charge in [-0.25, -0.2) is 0 Å². The second-order valence-electron chi connectivity index (χ2n) is 8.20.